The quantitative estimate of drug-likeness (QED) is 0.730. The van der Waals surface area contributed by atoms with Crippen molar-refractivity contribution >= 4 is 46.4 Å². The molecule has 140 valence electrons. The summed E-state index contributed by atoms with van der Waals surface area (Å²) < 4.78 is 3.87. The number of para-hydroxylation sites is 2. The van der Waals surface area contributed by atoms with Crippen LogP contribution in [-0.4, -0.2) is 49.2 Å². The van der Waals surface area contributed by atoms with Crippen LogP contribution in [0.4, 0.5) is 5.69 Å². The van der Waals surface area contributed by atoms with Crippen molar-refractivity contribution in [1.29, 1.82) is 0 Å². The molecule has 8 heteroatoms. The van der Waals surface area contributed by atoms with E-state index in [0.717, 1.165) is 42.5 Å². The van der Waals surface area contributed by atoms with Gasteiger partial charge >= 0.3 is 0 Å². The Morgan fingerprint density at radius 2 is 1.84 bits per heavy atom. The van der Waals surface area contributed by atoms with Crippen molar-refractivity contribution in [3.63, 3.8) is 0 Å². The molecule has 2 N–H and O–H groups in total. The number of hydrogen-bond acceptors (Lipinski definition) is 3. The summed E-state index contributed by atoms with van der Waals surface area (Å²) >= 11 is 18.4. The Kier molecular flexibility index (Phi) is 7.09. The van der Waals surface area contributed by atoms with E-state index in [1.165, 1.54) is 0 Å². The number of carbonyl (C=O) groups excluding carboxylic acids is 1. The van der Waals surface area contributed by atoms with Gasteiger partial charge in [-0.25, -0.2) is 0 Å². The summed E-state index contributed by atoms with van der Waals surface area (Å²) in [7, 11) is 1.67. The van der Waals surface area contributed by atoms with Crippen molar-refractivity contribution in [3.8, 4) is 5.75 Å². The van der Waals surface area contributed by atoms with E-state index < -0.39 is 9.96 Å². The Morgan fingerprint density at radius 1 is 1.24 bits per heavy atom. The van der Waals surface area contributed by atoms with Crippen molar-refractivity contribution in [2.45, 2.75) is 23.8 Å². The highest BCUT2D eigenvalue weighted by atomic mass is 35.6. The number of anilines is 1. The topological polar surface area (TPSA) is 46.0 Å². The van der Waals surface area contributed by atoms with E-state index >= 15 is 0 Å². The minimum atomic E-state index is -1.56. The molecule has 0 spiro atoms. The molecule has 5 nitrogen and oxygen atoms in total. The Labute approximate surface area is 164 Å². The number of nitrogens with zero attached hydrogens (tertiary/aromatic N) is 1. The van der Waals surface area contributed by atoms with Gasteiger partial charge in [0, 0.05) is 5.92 Å². The maximum Gasteiger partial charge on any atom is 0.262 e. The smallest absolute Gasteiger partial charge is 0.262 e. The van der Waals surface area contributed by atoms with E-state index in [2.05, 4.69) is 10.2 Å². The molecule has 1 aromatic rings. The number of ether oxygens (including phenoxy) is 1. The van der Waals surface area contributed by atoms with Crippen LogP contribution in [0.15, 0.2) is 24.3 Å². The standard InChI is InChI=1S/C17H24Cl3N3O2/c1-12(2)15(24)21-16(17(18,19)20)23-10-8-22(9-11-23)13-6-4-5-7-14(13)25-3/h4-7,12,16H,8-11H2,1-3H3,(H,21,24)/p+1/t16-/m0/s1. The molecule has 1 amide bonds. The molecule has 1 fully saturated rings. The summed E-state index contributed by atoms with van der Waals surface area (Å²) in [4.78, 5) is 15.4. The molecule has 1 heterocycles. The lowest BCUT2D eigenvalue weighted by Crippen LogP contribution is -3.21. The van der Waals surface area contributed by atoms with Gasteiger partial charge in [0.05, 0.1) is 39.0 Å². The molecule has 2 rings (SSSR count). The maximum absolute atomic E-state index is 12.1. The zero-order valence-corrected chi connectivity index (χ0v) is 17.0. The molecule has 0 radical (unpaired) electrons. The second-order valence-electron chi connectivity index (χ2n) is 6.46. The molecule has 0 aromatic heterocycles. The summed E-state index contributed by atoms with van der Waals surface area (Å²) in [5, 5.41) is 2.89. The van der Waals surface area contributed by atoms with Gasteiger partial charge in [-0.2, -0.15) is 0 Å². The molecule has 0 saturated carbocycles. The predicted octanol–water partition coefficient (Wildman–Crippen LogP) is 1.87. The fraction of sp³-hybridized carbons (Fsp3) is 0.588. The van der Waals surface area contributed by atoms with Gasteiger partial charge in [-0.05, 0) is 12.1 Å². The highest BCUT2D eigenvalue weighted by Crippen LogP contribution is 2.29. The van der Waals surface area contributed by atoms with Crippen LogP contribution in [0.1, 0.15) is 13.8 Å². The highest BCUT2D eigenvalue weighted by molar-refractivity contribution is 6.68. The monoisotopic (exact) mass is 408 g/mol. The highest BCUT2D eigenvalue weighted by Gasteiger charge is 2.43. The average Bonchev–Trinajstić information content (AvgIpc) is 2.58. The number of amides is 1. The second kappa shape index (κ2) is 8.67. The van der Waals surface area contributed by atoms with E-state index in [4.69, 9.17) is 39.5 Å². The van der Waals surface area contributed by atoms with Crippen LogP contribution >= 0.6 is 34.8 Å². The number of quaternary nitrogens is 1. The van der Waals surface area contributed by atoms with E-state index in [1.54, 1.807) is 7.11 Å². The first kappa shape index (κ1) is 20.4. The van der Waals surface area contributed by atoms with Gasteiger partial charge < -0.3 is 19.9 Å². The first-order valence-electron chi connectivity index (χ1n) is 8.33. The van der Waals surface area contributed by atoms with E-state index in [-0.39, 0.29) is 11.8 Å². The second-order valence-corrected chi connectivity index (χ2v) is 8.82. The molecular weight excluding hydrogens is 385 g/mol. The molecule has 1 aromatic carbocycles. The summed E-state index contributed by atoms with van der Waals surface area (Å²) in [5.74, 6) is 0.567. The van der Waals surface area contributed by atoms with Gasteiger partial charge in [0.1, 0.15) is 5.75 Å². The fourth-order valence-electron chi connectivity index (χ4n) is 2.94. The molecule has 0 unspecified atom stereocenters. The van der Waals surface area contributed by atoms with Crippen molar-refractivity contribution < 1.29 is 14.4 Å². The Hall–Kier alpha value is -0.880. The van der Waals surface area contributed by atoms with Crippen LogP contribution < -0.4 is 19.9 Å². The molecular formula is C17H25Cl3N3O2+. The van der Waals surface area contributed by atoms with Gasteiger partial charge in [0.15, 0.2) is 0 Å². The summed E-state index contributed by atoms with van der Waals surface area (Å²) in [6.45, 7) is 6.69. The van der Waals surface area contributed by atoms with Gasteiger partial charge in [-0.1, -0.05) is 60.8 Å². The van der Waals surface area contributed by atoms with Gasteiger partial charge in [-0.3, -0.25) is 4.79 Å². The van der Waals surface area contributed by atoms with Crippen molar-refractivity contribution in [1.82, 2.24) is 5.32 Å². The SMILES string of the molecule is COc1ccccc1N1CC[NH+]([C@H](NC(=O)C(C)C)C(Cl)(Cl)Cl)CC1. The van der Waals surface area contributed by atoms with Crippen LogP contribution in [0, 0.1) is 5.92 Å². The number of methoxy groups -OCH3 is 1. The van der Waals surface area contributed by atoms with Gasteiger partial charge in [-0.15, -0.1) is 0 Å². The number of rotatable bonds is 5. The van der Waals surface area contributed by atoms with Crippen molar-refractivity contribution in [2.24, 2.45) is 5.92 Å². The summed E-state index contributed by atoms with van der Waals surface area (Å²) in [6, 6.07) is 7.92. The molecule has 1 aliphatic heterocycles. The van der Waals surface area contributed by atoms with Crippen LogP contribution in [-0.2, 0) is 4.79 Å². The Morgan fingerprint density at radius 3 is 2.36 bits per heavy atom. The number of benzene rings is 1. The lowest BCUT2D eigenvalue weighted by atomic mass is 10.2. The third kappa shape index (κ3) is 5.30. The molecule has 0 bridgehead atoms. The van der Waals surface area contributed by atoms with Crippen molar-refractivity contribution in [3.05, 3.63) is 24.3 Å². The predicted molar refractivity (Wildman–Crippen MR) is 103 cm³/mol. The molecule has 0 aliphatic carbocycles. The average molecular weight is 410 g/mol. The summed E-state index contributed by atoms with van der Waals surface area (Å²) in [6.07, 6.45) is -0.577. The molecule has 1 aliphatic rings. The zero-order chi connectivity index (χ0) is 18.6. The normalized spacial score (nSPS) is 17.5. The molecule has 1 atom stereocenters. The number of alkyl halides is 3. The lowest BCUT2D eigenvalue weighted by molar-refractivity contribution is -0.927. The van der Waals surface area contributed by atoms with Crippen LogP contribution in [0.25, 0.3) is 0 Å². The maximum atomic E-state index is 12.1. The molecule has 25 heavy (non-hydrogen) atoms. The zero-order valence-electron chi connectivity index (χ0n) is 14.7. The number of hydrogen-bond donors (Lipinski definition) is 2. The van der Waals surface area contributed by atoms with Gasteiger partial charge in [0.2, 0.25) is 12.1 Å². The minimum absolute atomic E-state index is 0.115. The third-order valence-corrected chi connectivity index (χ3v) is 5.03. The first-order valence-corrected chi connectivity index (χ1v) is 9.47. The largest absolute Gasteiger partial charge is 0.495 e. The molecule has 1 saturated heterocycles. The number of piperazine rings is 1. The lowest BCUT2D eigenvalue weighted by Gasteiger charge is -2.40. The van der Waals surface area contributed by atoms with Crippen LogP contribution in [0.2, 0.25) is 0 Å². The van der Waals surface area contributed by atoms with Crippen LogP contribution in [0.3, 0.4) is 0 Å². The fourth-order valence-corrected chi connectivity index (χ4v) is 3.57. The van der Waals surface area contributed by atoms with E-state index in [9.17, 15) is 4.79 Å². The first-order chi connectivity index (χ1) is 11.7. The van der Waals surface area contributed by atoms with Gasteiger partial charge in [0.25, 0.3) is 3.79 Å². The number of nitrogens with one attached hydrogen (secondary N) is 2. The van der Waals surface area contributed by atoms with E-state index in [1.807, 2.05) is 38.1 Å². The number of halogens is 3. The van der Waals surface area contributed by atoms with Crippen LogP contribution in [0.5, 0.6) is 5.75 Å². The van der Waals surface area contributed by atoms with E-state index in [0.29, 0.717) is 0 Å². The van der Waals surface area contributed by atoms with Crippen molar-refractivity contribution in [2.75, 3.05) is 38.2 Å². The Bertz CT molecular complexity index is 585. The summed E-state index contributed by atoms with van der Waals surface area (Å²) in [5.41, 5.74) is 1.06. The minimum Gasteiger partial charge on any atom is -0.495 e. The number of carbonyl (C=O) groups is 1. The third-order valence-electron chi connectivity index (χ3n) is 4.38. The Balaban J connectivity index is 2.06.